The van der Waals surface area contributed by atoms with Crippen molar-refractivity contribution in [3.8, 4) is 11.8 Å². The minimum atomic E-state index is -0.451. The summed E-state index contributed by atoms with van der Waals surface area (Å²) in [6.45, 7) is 0.380. The SMILES string of the molecule is N#C/C(=C\c1cccc(O)c1)C(=O)NCCc1ccco1. The molecule has 1 heterocycles. The van der Waals surface area contributed by atoms with Crippen LogP contribution in [0.4, 0.5) is 0 Å². The number of rotatable bonds is 5. The van der Waals surface area contributed by atoms with Gasteiger partial charge in [-0.15, -0.1) is 0 Å². The Balaban J connectivity index is 1.97. The van der Waals surface area contributed by atoms with Gasteiger partial charge < -0.3 is 14.8 Å². The molecule has 0 fully saturated rings. The summed E-state index contributed by atoms with van der Waals surface area (Å²) in [5.74, 6) is 0.400. The summed E-state index contributed by atoms with van der Waals surface area (Å²) in [7, 11) is 0. The molecular formula is C16H14N2O3. The standard InChI is InChI=1S/C16H14N2O3/c17-11-13(9-12-3-1-4-14(19)10-12)16(20)18-7-6-15-5-2-8-21-15/h1-5,8-10,19H,6-7H2,(H,18,20)/b13-9+. The van der Waals surface area contributed by atoms with Gasteiger partial charge in [0.2, 0.25) is 0 Å². The van der Waals surface area contributed by atoms with E-state index >= 15 is 0 Å². The summed E-state index contributed by atoms with van der Waals surface area (Å²) in [6.07, 6.45) is 3.56. The van der Waals surface area contributed by atoms with E-state index < -0.39 is 5.91 Å². The first-order chi connectivity index (χ1) is 10.2. The molecule has 0 spiro atoms. The molecule has 0 bridgehead atoms. The molecule has 1 aromatic carbocycles. The third kappa shape index (κ3) is 4.25. The maximum atomic E-state index is 11.9. The predicted molar refractivity (Wildman–Crippen MR) is 77.1 cm³/mol. The summed E-state index contributed by atoms with van der Waals surface area (Å²) < 4.78 is 5.15. The molecule has 1 amide bonds. The number of nitrogens with one attached hydrogen (secondary N) is 1. The number of carbonyl (C=O) groups excluding carboxylic acids is 1. The number of hydrogen-bond acceptors (Lipinski definition) is 4. The van der Waals surface area contributed by atoms with Crippen LogP contribution in [-0.2, 0) is 11.2 Å². The van der Waals surface area contributed by atoms with Crippen molar-refractivity contribution >= 4 is 12.0 Å². The largest absolute Gasteiger partial charge is 0.508 e. The molecule has 2 rings (SSSR count). The quantitative estimate of drug-likeness (QED) is 0.650. The lowest BCUT2D eigenvalue weighted by Gasteiger charge is -2.03. The normalized spacial score (nSPS) is 10.9. The smallest absolute Gasteiger partial charge is 0.261 e. The Bertz CT molecular complexity index is 682. The zero-order valence-electron chi connectivity index (χ0n) is 11.2. The highest BCUT2D eigenvalue weighted by Crippen LogP contribution is 2.14. The van der Waals surface area contributed by atoms with E-state index in [1.165, 1.54) is 18.2 Å². The van der Waals surface area contributed by atoms with Crippen molar-refractivity contribution in [2.75, 3.05) is 6.54 Å². The predicted octanol–water partition coefficient (Wildman–Crippen LogP) is 2.25. The number of benzene rings is 1. The van der Waals surface area contributed by atoms with Gasteiger partial charge in [0.1, 0.15) is 23.2 Å². The molecule has 0 aliphatic heterocycles. The second-order valence-corrected chi connectivity index (χ2v) is 4.35. The van der Waals surface area contributed by atoms with Crippen LogP contribution in [0.5, 0.6) is 5.75 Å². The highest BCUT2D eigenvalue weighted by molar-refractivity contribution is 6.01. The van der Waals surface area contributed by atoms with Crippen molar-refractivity contribution in [1.82, 2.24) is 5.32 Å². The molecule has 2 N–H and O–H groups in total. The van der Waals surface area contributed by atoms with Crippen LogP contribution in [0.1, 0.15) is 11.3 Å². The molecule has 0 aliphatic rings. The third-order valence-corrected chi connectivity index (χ3v) is 2.78. The molecule has 21 heavy (non-hydrogen) atoms. The fourth-order valence-electron chi connectivity index (χ4n) is 1.78. The number of phenolic OH excluding ortho intramolecular Hbond substituents is 1. The lowest BCUT2D eigenvalue weighted by Crippen LogP contribution is -2.26. The first kappa shape index (κ1) is 14.4. The maximum absolute atomic E-state index is 11.9. The van der Waals surface area contributed by atoms with E-state index in [1.54, 1.807) is 24.5 Å². The number of nitriles is 1. The maximum Gasteiger partial charge on any atom is 0.261 e. The van der Waals surface area contributed by atoms with Crippen LogP contribution in [0, 0.1) is 11.3 Å². The summed E-state index contributed by atoms with van der Waals surface area (Å²) in [5, 5.41) is 21.1. The van der Waals surface area contributed by atoms with Gasteiger partial charge in [0.15, 0.2) is 0 Å². The molecule has 0 unspecified atom stereocenters. The molecule has 0 aliphatic carbocycles. The Morgan fingerprint density at radius 3 is 2.90 bits per heavy atom. The van der Waals surface area contributed by atoms with Crippen LogP contribution in [0.25, 0.3) is 6.08 Å². The fraction of sp³-hybridized carbons (Fsp3) is 0.125. The van der Waals surface area contributed by atoms with Gasteiger partial charge in [0.25, 0.3) is 5.91 Å². The van der Waals surface area contributed by atoms with Crippen LogP contribution in [-0.4, -0.2) is 17.6 Å². The molecule has 0 saturated heterocycles. The molecule has 5 heteroatoms. The van der Waals surface area contributed by atoms with E-state index in [0.717, 1.165) is 5.76 Å². The van der Waals surface area contributed by atoms with Crippen molar-refractivity contribution in [3.63, 3.8) is 0 Å². The minimum Gasteiger partial charge on any atom is -0.508 e. The summed E-state index contributed by atoms with van der Waals surface area (Å²) >= 11 is 0. The second kappa shape index (κ2) is 6.96. The minimum absolute atomic E-state index is 0.0138. The highest BCUT2D eigenvalue weighted by Gasteiger charge is 2.08. The van der Waals surface area contributed by atoms with Gasteiger partial charge in [-0.1, -0.05) is 12.1 Å². The van der Waals surface area contributed by atoms with E-state index in [4.69, 9.17) is 9.68 Å². The Morgan fingerprint density at radius 1 is 1.38 bits per heavy atom. The number of nitrogens with zero attached hydrogens (tertiary/aromatic N) is 1. The number of carbonyl (C=O) groups is 1. The van der Waals surface area contributed by atoms with Gasteiger partial charge in [-0.25, -0.2) is 0 Å². The first-order valence-corrected chi connectivity index (χ1v) is 6.40. The number of amides is 1. The zero-order valence-corrected chi connectivity index (χ0v) is 11.2. The van der Waals surface area contributed by atoms with E-state index in [9.17, 15) is 9.90 Å². The number of phenols is 1. The van der Waals surface area contributed by atoms with Crippen molar-refractivity contribution in [3.05, 3.63) is 59.6 Å². The Labute approximate surface area is 122 Å². The Kier molecular flexibility index (Phi) is 4.78. The number of hydrogen-bond donors (Lipinski definition) is 2. The molecule has 5 nitrogen and oxygen atoms in total. The zero-order chi connectivity index (χ0) is 15.1. The van der Waals surface area contributed by atoms with Crippen molar-refractivity contribution in [2.24, 2.45) is 0 Å². The van der Waals surface area contributed by atoms with Crippen LogP contribution >= 0.6 is 0 Å². The first-order valence-electron chi connectivity index (χ1n) is 6.40. The van der Waals surface area contributed by atoms with Gasteiger partial charge in [-0.05, 0) is 35.9 Å². The number of aromatic hydroxyl groups is 1. The Hall–Kier alpha value is -3.00. The third-order valence-electron chi connectivity index (χ3n) is 2.78. The average Bonchev–Trinajstić information content (AvgIpc) is 2.98. The second-order valence-electron chi connectivity index (χ2n) is 4.35. The van der Waals surface area contributed by atoms with Crippen LogP contribution in [0.15, 0.2) is 52.7 Å². The lowest BCUT2D eigenvalue weighted by atomic mass is 10.1. The van der Waals surface area contributed by atoms with E-state index in [2.05, 4.69) is 5.32 Å². The molecular weight excluding hydrogens is 268 g/mol. The molecule has 2 aromatic rings. The lowest BCUT2D eigenvalue weighted by molar-refractivity contribution is -0.117. The molecule has 1 aromatic heterocycles. The van der Waals surface area contributed by atoms with Gasteiger partial charge in [0, 0.05) is 13.0 Å². The average molecular weight is 282 g/mol. The van der Waals surface area contributed by atoms with E-state index in [0.29, 0.717) is 18.5 Å². The fourth-order valence-corrected chi connectivity index (χ4v) is 1.78. The summed E-state index contributed by atoms with van der Waals surface area (Å²) in [6, 6.07) is 11.8. The van der Waals surface area contributed by atoms with Crippen molar-refractivity contribution in [2.45, 2.75) is 6.42 Å². The van der Waals surface area contributed by atoms with E-state index in [1.807, 2.05) is 12.1 Å². The Morgan fingerprint density at radius 2 is 2.24 bits per heavy atom. The molecule has 0 saturated carbocycles. The topological polar surface area (TPSA) is 86.3 Å². The number of furan rings is 1. The van der Waals surface area contributed by atoms with Gasteiger partial charge in [-0.3, -0.25) is 4.79 Å². The highest BCUT2D eigenvalue weighted by atomic mass is 16.3. The molecule has 106 valence electrons. The molecule has 0 atom stereocenters. The van der Waals surface area contributed by atoms with Crippen LogP contribution in [0.3, 0.4) is 0 Å². The molecule has 0 radical (unpaired) electrons. The summed E-state index contributed by atoms with van der Waals surface area (Å²) in [5.41, 5.74) is 0.577. The van der Waals surface area contributed by atoms with Gasteiger partial charge in [0.05, 0.1) is 6.26 Å². The van der Waals surface area contributed by atoms with Crippen LogP contribution in [0.2, 0.25) is 0 Å². The van der Waals surface area contributed by atoms with Crippen molar-refractivity contribution < 1.29 is 14.3 Å². The summed E-state index contributed by atoms with van der Waals surface area (Å²) in [4.78, 5) is 11.9. The van der Waals surface area contributed by atoms with E-state index in [-0.39, 0.29) is 11.3 Å². The van der Waals surface area contributed by atoms with Gasteiger partial charge >= 0.3 is 0 Å². The van der Waals surface area contributed by atoms with Crippen LogP contribution < -0.4 is 5.32 Å². The van der Waals surface area contributed by atoms with Crippen molar-refractivity contribution in [1.29, 1.82) is 5.26 Å². The monoisotopic (exact) mass is 282 g/mol. The van der Waals surface area contributed by atoms with Gasteiger partial charge in [-0.2, -0.15) is 5.26 Å².